The zero-order valence-corrected chi connectivity index (χ0v) is 10.9. The zero-order valence-electron chi connectivity index (χ0n) is 10.1. The van der Waals surface area contributed by atoms with E-state index in [0.717, 1.165) is 0 Å². The monoisotopic (exact) mass is 268 g/mol. The van der Waals surface area contributed by atoms with E-state index in [1.807, 2.05) is 0 Å². The predicted molar refractivity (Wildman–Crippen MR) is 72.1 cm³/mol. The average Bonchev–Trinajstić information content (AvgIpc) is 2.28. The second kappa shape index (κ2) is 6.49. The molecule has 0 saturated heterocycles. The van der Waals surface area contributed by atoms with Crippen molar-refractivity contribution >= 4 is 21.2 Å². The van der Waals surface area contributed by atoms with Crippen LogP contribution in [0.25, 0.3) is 10.8 Å². The molecule has 2 rings (SSSR count). The highest BCUT2D eigenvalue weighted by Crippen LogP contribution is 2.19. The first-order valence-electron chi connectivity index (χ1n) is 5.58. The molecule has 2 aromatic carbocycles. The quantitative estimate of drug-likeness (QED) is 0.820. The summed E-state index contributed by atoms with van der Waals surface area (Å²) in [7, 11) is -4.67. The molecule has 0 saturated carbocycles. The average molecular weight is 268 g/mol. The third-order valence-corrected chi connectivity index (χ3v) is 2.40. The van der Waals surface area contributed by atoms with Crippen molar-refractivity contribution in [3.63, 3.8) is 0 Å². The van der Waals surface area contributed by atoms with E-state index in [2.05, 4.69) is 49.4 Å². The maximum atomic E-state index is 8.74. The second-order valence-electron chi connectivity index (χ2n) is 3.84. The van der Waals surface area contributed by atoms with Gasteiger partial charge in [-0.15, -0.1) is 0 Å². The topological polar surface area (TPSA) is 74.6 Å². The van der Waals surface area contributed by atoms with Crippen LogP contribution in [0.4, 0.5) is 0 Å². The van der Waals surface area contributed by atoms with Crippen LogP contribution in [0.2, 0.25) is 0 Å². The maximum absolute atomic E-state index is 8.74. The molecule has 0 bridgehead atoms. The molecule has 0 fully saturated rings. The van der Waals surface area contributed by atoms with Gasteiger partial charge in [0.2, 0.25) is 0 Å². The summed E-state index contributed by atoms with van der Waals surface area (Å²) in [6.45, 7) is 2.22. The summed E-state index contributed by atoms with van der Waals surface area (Å²) in [6.07, 6.45) is 2.40. The Kier molecular flexibility index (Phi) is 5.27. The van der Waals surface area contributed by atoms with Crippen LogP contribution in [-0.4, -0.2) is 17.5 Å². The molecule has 0 radical (unpaired) electrons. The molecule has 0 aliphatic rings. The summed E-state index contributed by atoms with van der Waals surface area (Å²) in [5.74, 6) is 0. The number of fused-ring (bicyclic) bond motifs is 1. The highest BCUT2D eigenvalue weighted by molar-refractivity contribution is 7.79. The van der Waals surface area contributed by atoms with Crippen molar-refractivity contribution in [3.8, 4) is 0 Å². The summed E-state index contributed by atoms with van der Waals surface area (Å²) in [4.78, 5) is 0. The van der Waals surface area contributed by atoms with Crippen LogP contribution < -0.4 is 0 Å². The van der Waals surface area contributed by atoms with Crippen LogP contribution in [-0.2, 0) is 16.8 Å². The fraction of sp³-hybridized carbons (Fsp3) is 0.231. The standard InChI is InChI=1S/C13H14.H2O4S/c1-2-6-11-8-5-9-12-7-3-4-10-13(11)12;1-5(2,3)4/h3-5,7-10H,2,6H2,1H3;(H2,1,2,3,4). The van der Waals surface area contributed by atoms with Crippen molar-refractivity contribution < 1.29 is 17.5 Å². The minimum Gasteiger partial charge on any atom is -0.264 e. The lowest BCUT2D eigenvalue weighted by Crippen LogP contribution is -1.89. The number of hydrogen-bond acceptors (Lipinski definition) is 2. The first-order valence-corrected chi connectivity index (χ1v) is 6.98. The third kappa shape index (κ3) is 5.27. The molecular weight excluding hydrogens is 252 g/mol. The molecule has 2 N–H and O–H groups in total. The fourth-order valence-electron chi connectivity index (χ4n) is 1.78. The fourth-order valence-corrected chi connectivity index (χ4v) is 1.78. The van der Waals surface area contributed by atoms with E-state index in [-0.39, 0.29) is 0 Å². The van der Waals surface area contributed by atoms with E-state index in [4.69, 9.17) is 17.5 Å². The van der Waals surface area contributed by atoms with Crippen molar-refractivity contribution in [1.29, 1.82) is 0 Å². The van der Waals surface area contributed by atoms with Gasteiger partial charge >= 0.3 is 10.4 Å². The van der Waals surface area contributed by atoms with Crippen LogP contribution in [0.1, 0.15) is 18.9 Å². The van der Waals surface area contributed by atoms with Gasteiger partial charge < -0.3 is 0 Å². The van der Waals surface area contributed by atoms with E-state index in [1.54, 1.807) is 0 Å². The Hall–Kier alpha value is -1.43. The Labute approximate surface area is 107 Å². The van der Waals surface area contributed by atoms with Gasteiger partial charge in [-0.3, -0.25) is 9.11 Å². The number of hydrogen-bond donors (Lipinski definition) is 2. The van der Waals surface area contributed by atoms with E-state index < -0.39 is 10.4 Å². The molecule has 0 atom stereocenters. The van der Waals surface area contributed by atoms with E-state index in [1.165, 1.54) is 29.2 Å². The zero-order chi connectivity index (χ0) is 13.6. The molecule has 0 aromatic heterocycles. The van der Waals surface area contributed by atoms with Gasteiger partial charge in [0.15, 0.2) is 0 Å². The third-order valence-electron chi connectivity index (χ3n) is 2.40. The lowest BCUT2D eigenvalue weighted by molar-refractivity contribution is 0.381. The lowest BCUT2D eigenvalue weighted by atomic mass is 10.0. The number of aryl methyl sites for hydroxylation is 1. The van der Waals surface area contributed by atoms with Crippen LogP contribution in [0, 0.1) is 0 Å². The van der Waals surface area contributed by atoms with Crippen LogP contribution in [0.15, 0.2) is 42.5 Å². The molecule has 2 aromatic rings. The Morgan fingerprint density at radius 1 is 1.00 bits per heavy atom. The van der Waals surface area contributed by atoms with E-state index >= 15 is 0 Å². The Bertz CT molecular complexity index is 592. The molecule has 5 heteroatoms. The summed E-state index contributed by atoms with van der Waals surface area (Å²) >= 11 is 0. The largest absolute Gasteiger partial charge is 0.394 e. The molecule has 0 amide bonds. The molecule has 0 unspecified atom stereocenters. The second-order valence-corrected chi connectivity index (χ2v) is 4.73. The van der Waals surface area contributed by atoms with Gasteiger partial charge in [-0.2, -0.15) is 8.42 Å². The Morgan fingerprint density at radius 3 is 2.17 bits per heavy atom. The van der Waals surface area contributed by atoms with Crippen LogP contribution in [0.5, 0.6) is 0 Å². The lowest BCUT2D eigenvalue weighted by Gasteiger charge is -2.03. The molecule has 98 valence electrons. The first kappa shape index (κ1) is 14.6. The van der Waals surface area contributed by atoms with Crippen molar-refractivity contribution in [1.82, 2.24) is 0 Å². The normalized spacial score (nSPS) is 10.8. The highest BCUT2D eigenvalue weighted by atomic mass is 32.3. The summed E-state index contributed by atoms with van der Waals surface area (Å²) in [5, 5.41) is 2.76. The molecule has 4 nitrogen and oxygen atoms in total. The van der Waals surface area contributed by atoms with Crippen molar-refractivity contribution in [2.24, 2.45) is 0 Å². The van der Waals surface area contributed by atoms with Gasteiger partial charge in [0.25, 0.3) is 0 Å². The number of benzene rings is 2. The van der Waals surface area contributed by atoms with Gasteiger partial charge in [0, 0.05) is 0 Å². The van der Waals surface area contributed by atoms with Gasteiger partial charge in [0.05, 0.1) is 0 Å². The predicted octanol–water partition coefficient (Wildman–Crippen LogP) is 3.14. The van der Waals surface area contributed by atoms with Crippen LogP contribution >= 0.6 is 0 Å². The summed E-state index contributed by atoms with van der Waals surface area (Å²) < 4.78 is 31.6. The summed E-state index contributed by atoms with van der Waals surface area (Å²) in [5.41, 5.74) is 1.47. The van der Waals surface area contributed by atoms with Crippen molar-refractivity contribution in [3.05, 3.63) is 48.0 Å². The van der Waals surface area contributed by atoms with Gasteiger partial charge in [-0.05, 0) is 22.8 Å². The molecule has 0 aliphatic heterocycles. The SMILES string of the molecule is CCCc1cccc2ccccc12.O=S(=O)(O)O. The van der Waals surface area contributed by atoms with Gasteiger partial charge in [0.1, 0.15) is 0 Å². The van der Waals surface area contributed by atoms with Crippen LogP contribution in [0.3, 0.4) is 0 Å². The first-order chi connectivity index (χ1) is 8.42. The van der Waals surface area contributed by atoms with E-state index in [9.17, 15) is 0 Å². The Balaban J connectivity index is 0.000000280. The van der Waals surface area contributed by atoms with Gasteiger partial charge in [-0.1, -0.05) is 55.8 Å². The van der Waals surface area contributed by atoms with Crippen molar-refractivity contribution in [2.75, 3.05) is 0 Å². The molecule has 0 heterocycles. The Morgan fingerprint density at radius 2 is 1.56 bits per heavy atom. The minimum absolute atomic E-state index is 1.18. The molecule has 0 aliphatic carbocycles. The highest BCUT2D eigenvalue weighted by Gasteiger charge is 1.97. The maximum Gasteiger partial charge on any atom is 0.394 e. The summed E-state index contributed by atoms with van der Waals surface area (Å²) in [6, 6.07) is 15.1. The molecule has 0 spiro atoms. The van der Waals surface area contributed by atoms with Gasteiger partial charge in [-0.25, -0.2) is 0 Å². The minimum atomic E-state index is -4.67. The van der Waals surface area contributed by atoms with Crippen molar-refractivity contribution in [2.45, 2.75) is 19.8 Å². The molecular formula is C13H16O4S. The van der Waals surface area contributed by atoms with E-state index in [0.29, 0.717) is 0 Å². The molecule has 18 heavy (non-hydrogen) atoms. The number of rotatable bonds is 2. The smallest absolute Gasteiger partial charge is 0.264 e.